The molecule has 0 unspecified atom stereocenters. The van der Waals surface area contributed by atoms with E-state index in [4.69, 9.17) is 4.74 Å². The molecule has 1 aliphatic rings. The van der Waals surface area contributed by atoms with E-state index in [0.717, 1.165) is 11.4 Å². The Hall–Kier alpha value is -3.67. The zero-order chi connectivity index (χ0) is 26.3. The summed E-state index contributed by atoms with van der Waals surface area (Å²) in [5.74, 6) is -1.06. The highest BCUT2D eigenvalue weighted by Crippen LogP contribution is 2.33. The predicted octanol–water partition coefficient (Wildman–Crippen LogP) is 3.73. The van der Waals surface area contributed by atoms with Crippen LogP contribution in [0.1, 0.15) is 27.4 Å². The molecule has 0 saturated carbocycles. The van der Waals surface area contributed by atoms with Gasteiger partial charge >= 0.3 is 0 Å². The molecule has 1 N–H and O–H groups in total. The highest BCUT2D eigenvalue weighted by molar-refractivity contribution is 7.89. The lowest BCUT2D eigenvalue weighted by atomic mass is 10.0. The molecule has 0 atom stereocenters. The van der Waals surface area contributed by atoms with Crippen molar-refractivity contribution < 1.29 is 22.3 Å². The van der Waals surface area contributed by atoms with Crippen LogP contribution in [0.25, 0.3) is 16.8 Å². The lowest BCUT2D eigenvalue weighted by Crippen LogP contribution is -2.40. The van der Waals surface area contributed by atoms with Crippen LogP contribution in [-0.2, 0) is 14.8 Å². The molecule has 0 radical (unpaired) electrons. The standard InChI is InChI=1S/C26H26FN5O4S/c1-16-7-8-19(14-22(16)37(34,35)31-9-11-36-12-10-31)23-24(26(33)29-21-6-4-5-20(27)15-21)30-32-18(3)13-17(2)28-25(23)32/h4-8,13-15H,9-12H2,1-3H3,(H,29,33). The first-order chi connectivity index (χ1) is 17.6. The number of nitrogens with zero attached hydrogens (tertiary/aromatic N) is 4. The highest BCUT2D eigenvalue weighted by Gasteiger charge is 2.30. The molecule has 0 bridgehead atoms. The Bertz CT molecular complexity index is 1630. The Kier molecular flexibility index (Phi) is 6.52. The quantitative estimate of drug-likeness (QED) is 0.427. The number of carbonyl (C=O) groups is 1. The summed E-state index contributed by atoms with van der Waals surface area (Å²) in [4.78, 5) is 18.2. The second-order valence-electron chi connectivity index (χ2n) is 8.96. The number of aromatic nitrogens is 3. The molecular weight excluding hydrogens is 497 g/mol. The van der Waals surface area contributed by atoms with Gasteiger partial charge in [0.15, 0.2) is 11.3 Å². The van der Waals surface area contributed by atoms with Gasteiger partial charge in [-0.2, -0.15) is 9.40 Å². The number of hydrogen-bond acceptors (Lipinski definition) is 6. The average Bonchev–Trinajstić information content (AvgIpc) is 3.25. The molecule has 2 aromatic carbocycles. The summed E-state index contributed by atoms with van der Waals surface area (Å²) in [5.41, 5.74) is 3.66. The maximum Gasteiger partial charge on any atom is 0.276 e. The number of rotatable bonds is 5. The number of morpholine rings is 1. The van der Waals surface area contributed by atoms with Gasteiger partial charge in [0.05, 0.1) is 23.7 Å². The molecule has 192 valence electrons. The third-order valence-corrected chi connectivity index (χ3v) is 8.30. The van der Waals surface area contributed by atoms with E-state index in [0.29, 0.717) is 35.6 Å². The van der Waals surface area contributed by atoms with Crippen molar-refractivity contribution in [2.75, 3.05) is 31.6 Å². The number of amides is 1. The van der Waals surface area contributed by atoms with E-state index in [9.17, 15) is 17.6 Å². The normalized spacial score (nSPS) is 14.7. The fraction of sp³-hybridized carbons (Fsp3) is 0.269. The van der Waals surface area contributed by atoms with E-state index in [1.54, 1.807) is 35.7 Å². The summed E-state index contributed by atoms with van der Waals surface area (Å²) < 4.78 is 49.0. The molecular formula is C26H26FN5O4S. The van der Waals surface area contributed by atoms with Crippen molar-refractivity contribution in [1.82, 2.24) is 18.9 Å². The highest BCUT2D eigenvalue weighted by atomic mass is 32.2. The number of carbonyl (C=O) groups excluding carboxylic acids is 1. The predicted molar refractivity (Wildman–Crippen MR) is 137 cm³/mol. The number of anilines is 1. The Labute approximate surface area is 213 Å². The van der Waals surface area contributed by atoms with Gasteiger partial charge in [-0.3, -0.25) is 4.79 Å². The van der Waals surface area contributed by atoms with E-state index in [1.165, 1.54) is 22.5 Å². The second-order valence-corrected chi connectivity index (χ2v) is 10.9. The van der Waals surface area contributed by atoms with E-state index in [-0.39, 0.29) is 29.4 Å². The molecule has 1 fully saturated rings. The van der Waals surface area contributed by atoms with Crippen LogP contribution in [0.2, 0.25) is 0 Å². The summed E-state index contributed by atoms with van der Waals surface area (Å²) in [7, 11) is -3.80. The minimum Gasteiger partial charge on any atom is -0.379 e. The van der Waals surface area contributed by atoms with Gasteiger partial charge in [0, 0.05) is 30.2 Å². The maximum atomic E-state index is 13.7. The van der Waals surface area contributed by atoms with Crippen LogP contribution < -0.4 is 5.32 Å². The Balaban J connectivity index is 1.67. The number of sulfonamides is 1. The molecule has 3 heterocycles. The van der Waals surface area contributed by atoms with E-state index in [1.807, 2.05) is 19.9 Å². The summed E-state index contributed by atoms with van der Waals surface area (Å²) in [6.45, 7) is 6.61. The number of ether oxygens (including phenoxy) is 1. The Morgan fingerprint density at radius 2 is 1.81 bits per heavy atom. The number of aryl methyl sites for hydroxylation is 3. The van der Waals surface area contributed by atoms with Gasteiger partial charge in [-0.1, -0.05) is 18.2 Å². The van der Waals surface area contributed by atoms with Crippen LogP contribution in [0.4, 0.5) is 10.1 Å². The number of hydrogen-bond donors (Lipinski definition) is 1. The third kappa shape index (κ3) is 4.73. The zero-order valence-electron chi connectivity index (χ0n) is 20.7. The van der Waals surface area contributed by atoms with Gasteiger partial charge in [0.1, 0.15) is 5.82 Å². The topological polar surface area (TPSA) is 106 Å². The van der Waals surface area contributed by atoms with Crippen molar-refractivity contribution >= 4 is 27.3 Å². The van der Waals surface area contributed by atoms with Crippen LogP contribution >= 0.6 is 0 Å². The van der Waals surface area contributed by atoms with Gasteiger partial charge in [-0.15, -0.1) is 0 Å². The van der Waals surface area contributed by atoms with E-state index in [2.05, 4.69) is 15.4 Å². The van der Waals surface area contributed by atoms with Gasteiger partial charge in [-0.25, -0.2) is 22.3 Å². The van der Waals surface area contributed by atoms with Crippen molar-refractivity contribution in [3.63, 3.8) is 0 Å². The molecule has 2 aromatic heterocycles. The van der Waals surface area contributed by atoms with Gasteiger partial charge in [0.2, 0.25) is 10.0 Å². The van der Waals surface area contributed by atoms with Crippen molar-refractivity contribution in [2.45, 2.75) is 25.7 Å². The number of halogens is 1. The molecule has 1 aliphatic heterocycles. The number of fused-ring (bicyclic) bond motifs is 1. The largest absolute Gasteiger partial charge is 0.379 e. The molecule has 5 rings (SSSR count). The molecule has 0 aliphatic carbocycles. The lowest BCUT2D eigenvalue weighted by molar-refractivity contribution is 0.0730. The van der Waals surface area contributed by atoms with Crippen LogP contribution in [0.3, 0.4) is 0 Å². The molecule has 37 heavy (non-hydrogen) atoms. The first kappa shape index (κ1) is 25.0. The molecule has 0 spiro atoms. The summed E-state index contributed by atoms with van der Waals surface area (Å²) in [6.07, 6.45) is 0. The Morgan fingerprint density at radius 1 is 1.05 bits per heavy atom. The van der Waals surface area contributed by atoms with Crippen LogP contribution in [-0.4, -0.2) is 59.5 Å². The monoisotopic (exact) mass is 523 g/mol. The van der Waals surface area contributed by atoms with E-state index >= 15 is 0 Å². The minimum atomic E-state index is -3.80. The first-order valence-corrected chi connectivity index (χ1v) is 13.2. The maximum absolute atomic E-state index is 13.7. The molecule has 1 amide bonds. The van der Waals surface area contributed by atoms with Crippen molar-refractivity contribution in [3.05, 3.63) is 77.0 Å². The van der Waals surface area contributed by atoms with E-state index < -0.39 is 21.7 Å². The SMILES string of the molecule is Cc1cc(C)n2nc(C(=O)Nc3cccc(F)c3)c(-c3ccc(C)c(S(=O)(=O)N4CCOCC4)c3)c2n1. The van der Waals surface area contributed by atoms with Gasteiger partial charge in [0.25, 0.3) is 5.91 Å². The molecule has 11 heteroatoms. The first-order valence-electron chi connectivity index (χ1n) is 11.8. The molecule has 9 nitrogen and oxygen atoms in total. The second kappa shape index (κ2) is 9.66. The summed E-state index contributed by atoms with van der Waals surface area (Å²) in [5, 5.41) is 7.21. The van der Waals surface area contributed by atoms with Crippen LogP contribution in [0.5, 0.6) is 0 Å². The summed E-state index contributed by atoms with van der Waals surface area (Å²) >= 11 is 0. The minimum absolute atomic E-state index is 0.0454. The number of nitrogens with one attached hydrogen (secondary N) is 1. The van der Waals surface area contributed by atoms with Crippen LogP contribution in [0.15, 0.2) is 53.4 Å². The van der Waals surface area contributed by atoms with Gasteiger partial charge in [-0.05, 0) is 62.2 Å². The van der Waals surface area contributed by atoms with Gasteiger partial charge < -0.3 is 10.1 Å². The smallest absolute Gasteiger partial charge is 0.276 e. The average molecular weight is 524 g/mol. The van der Waals surface area contributed by atoms with Crippen LogP contribution in [0, 0.1) is 26.6 Å². The third-order valence-electron chi connectivity index (χ3n) is 6.26. The fourth-order valence-electron chi connectivity index (χ4n) is 4.46. The molecule has 1 saturated heterocycles. The van der Waals surface area contributed by atoms with Crippen molar-refractivity contribution in [2.24, 2.45) is 0 Å². The molecule has 4 aromatic rings. The summed E-state index contributed by atoms with van der Waals surface area (Å²) in [6, 6.07) is 12.4. The van der Waals surface area contributed by atoms with Crippen molar-refractivity contribution in [3.8, 4) is 11.1 Å². The fourth-order valence-corrected chi connectivity index (χ4v) is 6.12. The lowest BCUT2D eigenvalue weighted by Gasteiger charge is -2.26. The number of benzene rings is 2. The van der Waals surface area contributed by atoms with Crippen molar-refractivity contribution in [1.29, 1.82) is 0 Å². The Morgan fingerprint density at radius 3 is 2.54 bits per heavy atom. The zero-order valence-corrected chi connectivity index (χ0v) is 21.5.